The van der Waals surface area contributed by atoms with Gasteiger partial charge < -0.3 is 10.7 Å². The number of aryl methyl sites for hydroxylation is 1. The van der Waals surface area contributed by atoms with Crippen LogP contribution in [-0.4, -0.2) is 9.97 Å². The Balaban J connectivity index is 2.06. The summed E-state index contributed by atoms with van der Waals surface area (Å²) in [6, 6.07) is 7.82. The van der Waals surface area contributed by atoms with Gasteiger partial charge >= 0.3 is 0 Å². The zero-order chi connectivity index (χ0) is 12.8. The van der Waals surface area contributed by atoms with E-state index in [1.54, 1.807) is 6.20 Å². The summed E-state index contributed by atoms with van der Waals surface area (Å²) in [5, 5.41) is 3.31. The molecule has 0 aliphatic rings. The first-order chi connectivity index (χ1) is 8.83. The van der Waals surface area contributed by atoms with E-state index in [-0.39, 0.29) is 0 Å². The Labute approximate surface area is 106 Å². The molecule has 0 bridgehead atoms. The average molecular weight is 243 g/mol. The highest BCUT2D eigenvalue weighted by molar-refractivity contribution is 5.51. The van der Waals surface area contributed by atoms with Crippen molar-refractivity contribution in [3.05, 3.63) is 47.9 Å². The third-order valence-corrected chi connectivity index (χ3v) is 2.73. The number of hydrazine groups is 1. The molecule has 5 nitrogen and oxygen atoms in total. The van der Waals surface area contributed by atoms with Crippen molar-refractivity contribution >= 4 is 11.5 Å². The fraction of sp³-hybridized carbons (Fsp3) is 0.231. The number of anilines is 2. The average Bonchev–Trinajstić information content (AvgIpc) is 2.45. The van der Waals surface area contributed by atoms with Gasteiger partial charge in [0.25, 0.3) is 0 Å². The molecule has 2 rings (SSSR count). The van der Waals surface area contributed by atoms with Crippen LogP contribution in [0.3, 0.4) is 0 Å². The summed E-state index contributed by atoms with van der Waals surface area (Å²) in [4.78, 5) is 8.44. The molecule has 2 aromatic heterocycles. The van der Waals surface area contributed by atoms with E-state index in [1.165, 1.54) is 5.56 Å². The quantitative estimate of drug-likeness (QED) is 0.552. The van der Waals surface area contributed by atoms with Crippen LogP contribution in [0.15, 0.2) is 36.7 Å². The lowest BCUT2D eigenvalue weighted by Crippen LogP contribution is -2.09. The Hall–Kier alpha value is -2.14. The van der Waals surface area contributed by atoms with Crippen LogP contribution in [0.5, 0.6) is 0 Å². The summed E-state index contributed by atoms with van der Waals surface area (Å²) in [5.41, 5.74) is 5.81. The van der Waals surface area contributed by atoms with Gasteiger partial charge in [-0.2, -0.15) is 0 Å². The molecule has 0 saturated heterocycles. The topological polar surface area (TPSA) is 75.9 Å². The molecule has 0 aromatic carbocycles. The SMILES string of the molecule is CCc1cccnc1CNc1ccnc(NN)c1. The molecule has 0 spiro atoms. The van der Waals surface area contributed by atoms with Gasteiger partial charge in [-0.05, 0) is 24.1 Å². The molecule has 0 saturated carbocycles. The smallest absolute Gasteiger partial charge is 0.141 e. The Morgan fingerprint density at radius 3 is 2.89 bits per heavy atom. The molecule has 5 heteroatoms. The zero-order valence-electron chi connectivity index (χ0n) is 10.4. The predicted molar refractivity (Wildman–Crippen MR) is 73.0 cm³/mol. The van der Waals surface area contributed by atoms with E-state index in [0.29, 0.717) is 12.4 Å². The minimum atomic E-state index is 0.636. The second kappa shape index (κ2) is 5.97. The normalized spacial score (nSPS) is 10.1. The lowest BCUT2D eigenvalue weighted by atomic mass is 10.1. The number of nitrogen functional groups attached to an aromatic ring is 1. The zero-order valence-corrected chi connectivity index (χ0v) is 10.4. The highest BCUT2D eigenvalue weighted by Crippen LogP contribution is 2.13. The van der Waals surface area contributed by atoms with E-state index in [0.717, 1.165) is 17.8 Å². The van der Waals surface area contributed by atoms with E-state index in [4.69, 9.17) is 5.84 Å². The van der Waals surface area contributed by atoms with Crippen LogP contribution < -0.4 is 16.6 Å². The molecule has 2 aromatic rings. The van der Waals surface area contributed by atoms with Crippen LogP contribution in [0.25, 0.3) is 0 Å². The molecule has 0 unspecified atom stereocenters. The van der Waals surface area contributed by atoms with Gasteiger partial charge in [0.2, 0.25) is 0 Å². The Morgan fingerprint density at radius 2 is 2.11 bits per heavy atom. The molecule has 0 atom stereocenters. The molecule has 0 radical (unpaired) electrons. The highest BCUT2D eigenvalue weighted by Gasteiger charge is 2.01. The molecule has 0 aliphatic carbocycles. The van der Waals surface area contributed by atoms with Crippen LogP contribution in [0, 0.1) is 0 Å². The molecule has 0 amide bonds. The lowest BCUT2D eigenvalue weighted by molar-refractivity contribution is 0.971. The first-order valence-electron chi connectivity index (χ1n) is 5.92. The van der Waals surface area contributed by atoms with Crippen molar-refractivity contribution < 1.29 is 0 Å². The maximum Gasteiger partial charge on any atom is 0.141 e. The van der Waals surface area contributed by atoms with Crippen molar-refractivity contribution in [3.63, 3.8) is 0 Å². The van der Waals surface area contributed by atoms with Crippen molar-refractivity contribution in [1.29, 1.82) is 0 Å². The molecule has 0 fully saturated rings. The van der Waals surface area contributed by atoms with Crippen molar-refractivity contribution in [2.45, 2.75) is 19.9 Å². The number of hydrogen-bond donors (Lipinski definition) is 3. The molecule has 2 heterocycles. The first-order valence-corrected chi connectivity index (χ1v) is 5.92. The van der Waals surface area contributed by atoms with Crippen LogP contribution >= 0.6 is 0 Å². The summed E-state index contributed by atoms with van der Waals surface area (Å²) in [6.45, 7) is 2.82. The number of hydrogen-bond acceptors (Lipinski definition) is 5. The van der Waals surface area contributed by atoms with E-state index in [9.17, 15) is 0 Å². The highest BCUT2D eigenvalue weighted by atomic mass is 15.2. The number of nitrogens with zero attached hydrogens (tertiary/aromatic N) is 2. The molecule has 4 N–H and O–H groups in total. The Morgan fingerprint density at radius 1 is 1.22 bits per heavy atom. The van der Waals surface area contributed by atoms with Gasteiger partial charge in [0, 0.05) is 24.1 Å². The number of aromatic nitrogens is 2. The fourth-order valence-electron chi connectivity index (χ4n) is 1.76. The van der Waals surface area contributed by atoms with Crippen LogP contribution in [-0.2, 0) is 13.0 Å². The molecular formula is C13H17N5. The van der Waals surface area contributed by atoms with Gasteiger partial charge in [0.05, 0.1) is 12.2 Å². The van der Waals surface area contributed by atoms with Crippen LogP contribution in [0.4, 0.5) is 11.5 Å². The Bertz CT molecular complexity index is 512. The van der Waals surface area contributed by atoms with E-state index in [2.05, 4.69) is 33.7 Å². The lowest BCUT2D eigenvalue weighted by Gasteiger charge is -2.09. The number of nitrogens with one attached hydrogen (secondary N) is 2. The van der Waals surface area contributed by atoms with Crippen molar-refractivity contribution in [1.82, 2.24) is 9.97 Å². The second-order valence-corrected chi connectivity index (χ2v) is 3.89. The molecule has 18 heavy (non-hydrogen) atoms. The summed E-state index contributed by atoms with van der Waals surface area (Å²) in [7, 11) is 0. The third kappa shape index (κ3) is 2.95. The van der Waals surface area contributed by atoms with Crippen molar-refractivity contribution in [3.8, 4) is 0 Å². The van der Waals surface area contributed by atoms with Gasteiger partial charge in [-0.25, -0.2) is 10.8 Å². The summed E-state index contributed by atoms with van der Waals surface area (Å²) in [5.74, 6) is 5.95. The number of nitrogens with two attached hydrogens (primary N) is 1. The summed E-state index contributed by atoms with van der Waals surface area (Å²) < 4.78 is 0. The number of rotatable bonds is 5. The number of pyridine rings is 2. The minimum absolute atomic E-state index is 0.636. The predicted octanol–water partition coefficient (Wildman–Crippen LogP) is 1.94. The van der Waals surface area contributed by atoms with Crippen molar-refractivity contribution in [2.75, 3.05) is 10.7 Å². The van der Waals surface area contributed by atoms with Crippen LogP contribution in [0.2, 0.25) is 0 Å². The molecule has 0 aliphatic heterocycles. The van der Waals surface area contributed by atoms with Gasteiger partial charge in [-0.15, -0.1) is 0 Å². The van der Waals surface area contributed by atoms with Gasteiger partial charge in [-0.1, -0.05) is 13.0 Å². The maximum atomic E-state index is 5.32. The van der Waals surface area contributed by atoms with Gasteiger partial charge in [-0.3, -0.25) is 4.98 Å². The van der Waals surface area contributed by atoms with Crippen LogP contribution in [0.1, 0.15) is 18.2 Å². The third-order valence-electron chi connectivity index (χ3n) is 2.73. The molecule has 94 valence electrons. The maximum absolute atomic E-state index is 5.32. The Kier molecular flexibility index (Phi) is 4.09. The fourth-order valence-corrected chi connectivity index (χ4v) is 1.76. The van der Waals surface area contributed by atoms with E-state index < -0.39 is 0 Å². The monoisotopic (exact) mass is 243 g/mol. The van der Waals surface area contributed by atoms with E-state index >= 15 is 0 Å². The minimum Gasteiger partial charge on any atom is -0.379 e. The summed E-state index contributed by atoms with van der Waals surface area (Å²) in [6.07, 6.45) is 4.50. The second-order valence-electron chi connectivity index (χ2n) is 3.89. The molecular weight excluding hydrogens is 226 g/mol. The van der Waals surface area contributed by atoms with Crippen molar-refractivity contribution in [2.24, 2.45) is 5.84 Å². The van der Waals surface area contributed by atoms with Gasteiger partial charge in [0.1, 0.15) is 5.82 Å². The van der Waals surface area contributed by atoms with E-state index in [1.807, 2.05) is 24.4 Å². The standard InChI is InChI=1S/C13H17N5/c1-2-10-4-3-6-15-12(10)9-17-11-5-7-16-13(8-11)18-14/h3-8H,2,9,14H2,1H3,(H2,16,17,18). The largest absolute Gasteiger partial charge is 0.379 e. The van der Waals surface area contributed by atoms with Gasteiger partial charge in [0.15, 0.2) is 0 Å². The summed E-state index contributed by atoms with van der Waals surface area (Å²) >= 11 is 0. The first kappa shape index (κ1) is 12.3.